The molecule has 38 heavy (non-hydrogen) atoms. The molecule has 5 rings (SSSR count). The Morgan fingerprint density at radius 2 is 1.76 bits per heavy atom. The lowest BCUT2D eigenvalue weighted by atomic mass is 9.94. The van der Waals surface area contributed by atoms with Gasteiger partial charge < -0.3 is 19.3 Å². The van der Waals surface area contributed by atoms with Crippen molar-refractivity contribution < 1.29 is 24.1 Å². The van der Waals surface area contributed by atoms with E-state index < -0.39 is 5.97 Å². The second-order valence-corrected chi connectivity index (χ2v) is 11.0. The number of aromatic nitrogens is 1. The molecular weight excluding hydrogens is 498 g/mol. The summed E-state index contributed by atoms with van der Waals surface area (Å²) in [5.74, 6) is 1.33. The van der Waals surface area contributed by atoms with Gasteiger partial charge in [-0.3, -0.25) is 4.79 Å². The van der Waals surface area contributed by atoms with Crippen LogP contribution in [0.15, 0.2) is 54.6 Å². The summed E-state index contributed by atoms with van der Waals surface area (Å²) in [6.07, 6.45) is 0.0669. The van der Waals surface area contributed by atoms with Crippen molar-refractivity contribution in [3.05, 3.63) is 92.4 Å². The van der Waals surface area contributed by atoms with E-state index in [1.54, 1.807) is 11.3 Å². The Bertz CT molecular complexity index is 1470. The molecular formula is C31H31NO5S. The molecule has 1 atom stereocenters. The average molecular weight is 530 g/mol. The number of rotatable bonds is 9. The molecule has 7 heteroatoms. The molecule has 0 aliphatic carbocycles. The molecule has 0 radical (unpaired) electrons. The maximum absolute atomic E-state index is 11.1. The molecule has 0 bridgehead atoms. The predicted octanol–water partition coefficient (Wildman–Crippen LogP) is 7.15. The molecule has 0 spiro atoms. The average Bonchev–Trinajstić information content (AvgIpc) is 3.41. The fraction of sp³-hybridized carbons (Fsp3) is 0.290. The second-order valence-electron chi connectivity index (χ2n) is 9.76. The van der Waals surface area contributed by atoms with Gasteiger partial charge in [0.25, 0.3) is 0 Å². The van der Waals surface area contributed by atoms with E-state index in [1.165, 1.54) is 5.56 Å². The van der Waals surface area contributed by atoms with E-state index in [-0.39, 0.29) is 12.3 Å². The molecule has 1 aromatic heterocycles. The molecule has 1 aliphatic rings. The van der Waals surface area contributed by atoms with Gasteiger partial charge in [-0.1, -0.05) is 24.3 Å². The molecule has 196 valence electrons. The lowest BCUT2D eigenvalue weighted by Gasteiger charge is -2.15. The first-order valence-corrected chi connectivity index (χ1v) is 13.5. The first-order chi connectivity index (χ1) is 18.3. The number of benzene rings is 3. The second kappa shape index (κ2) is 10.9. The van der Waals surface area contributed by atoms with Crippen LogP contribution in [-0.4, -0.2) is 22.7 Å². The third kappa shape index (κ3) is 5.68. The summed E-state index contributed by atoms with van der Waals surface area (Å²) < 4.78 is 17.9. The number of thiazole rings is 1. The van der Waals surface area contributed by atoms with E-state index in [2.05, 4.69) is 55.2 Å². The summed E-state index contributed by atoms with van der Waals surface area (Å²) in [6.45, 7) is 9.59. The number of hydrogen-bond acceptors (Lipinski definition) is 6. The number of aryl methyl sites for hydroxylation is 4. The summed E-state index contributed by atoms with van der Waals surface area (Å²) in [4.78, 5) is 16.7. The van der Waals surface area contributed by atoms with Crippen molar-refractivity contribution in [2.45, 2.75) is 53.2 Å². The maximum atomic E-state index is 11.1. The third-order valence-corrected chi connectivity index (χ3v) is 7.83. The highest BCUT2D eigenvalue weighted by molar-refractivity contribution is 7.11. The van der Waals surface area contributed by atoms with E-state index in [1.807, 2.05) is 32.0 Å². The summed E-state index contributed by atoms with van der Waals surface area (Å²) in [5, 5.41) is 10.2. The van der Waals surface area contributed by atoms with Crippen molar-refractivity contribution in [3.8, 4) is 28.4 Å². The van der Waals surface area contributed by atoms with Crippen LogP contribution in [0.1, 0.15) is 50.2 Å². The molecule has 0 fully saturated rings. The van der Waals surface area contributed by atoms with E-state index in [0.717, 1.165) is 49.1 Å². The Morgan fingerprint density at radius 3 is 2.47 bits per heavy atom. The zero-order valence-corrected chi connectivity index (χ0v) is 22.9. The van der Waals surface area contributed by atoms with Gasteiger partial charge in [-0.05, 0) is 79.8 Å². The Morgan fingerprint density at radius 1 is 1.00 bits per heavy atom. The fourth-order valence-corrected chi connectivity index (χ4v) is 5.88. The Kier molecular flexibility index (Phi) is 7.38. The number of carboxylic acids is 1. The molecule has 0 saturated heterocycles. The number of fused-ring (bicyclic) bond motifs is 1. The smallest absolute Gasteiger partial charge is 0.304 e. The highest BCUT2D eigenvalue weighted by atomic mass is 32.1. The van der Waals surface area contributed by atoms with Gasteiger partial charge >= 0.3 is 5.97 Å². The van der Waals surface area contributed by atoms with E-state index in [4.69, 9.17) is 19.3 Å². The normalized spacial score (nSPS) is 14.2. The van der Waals surface area contributed by atoms with Crippen LogP contribution < -0.4 is 14.2 Å². The quantitative estimate of drug-likeness (QED) is 0.248. The minimum Gasteiger partial charge on any atom is -0.492 e. The highest BCUT2D eigenvalue weighted by Gasteiger charge is 2.26. The molecule has 1 aliphatic heterocycles. The minimum absolute atomic E-state index is 0.0669. The van der Waals surface area contributed by atoms with Crippen molar-refractivity contribution >= 4 is 17.3 Å². The van der Waals surface area contributed by atoms with Crippen LogP contribution in [0.5, 0.6) is 17.2 Å². The molecule has 0 unspecified atom stereocenters. The van der Waals surface area contributed by atoms with Crippen LogP contribution in [0.4, 0.5) is 0 Å². The Labute approximate surface area is 226 Å². The number of ether oxygens (including phenoxy) is 3. The topological polar surface area (TPSA) is 77.9 Å². The molecule has 0 saturated carbocycles. The number of hydrogen-bond donors (Lipinski definition) is 1. The largest absolute Gasteiger partial charge is 0.492 e. The van der Waals surface area contributed by atoms with Gasteiger partial charge in [-0.2, -0.15) is 0 Å². The van der Waals surface area contributed by atoms with Crippen molar-refractivity contribution in [1.29, 1.82) is 0 Å². The summed E-state index contributed by atoms with van der Waals surface area (Å²) in [7, 11) is 0. The van der Waals surface area contributed by atoms with E-state index in [0.29, 0.717) is 31.3 Å². The first-order valence-electron chi connectivity index (χ1n) is 12.6. The SMILES string of the molecule is Cc1nc(C)c(COc2cc(C)c(-c3cccc(COc4ccc5c(c4)OC[C@H]5CC(=O)O)c3)c(C)c2)s1. The zero-order valence-electron chi connectivity index (χ0n) is 22.0. The van der Waals surface area contributed by atoms with Gasteiger partial charge in [0, 0.05) is 17.5 Å². The summed E-state index contributed by atoms with van der Waals surface area (Å²) in [6, 6.07) is 18.2. The molecule has 0 amide bonds. The van der Waals surface area contributed by atoms with Crippen LogP contribution in [0, 0.1) is 27.7 Å². The highest BCUT2D eigenvalue weighted by Crippen LogP contribution is 2.38. The first kappa shape index (κ1) is 25.8. The Balaban J connectivity index is 1.27. The number of carboxylic acid groups (broad SMARTS) is 1. The summed E-state index contributed by atoms with van der Waals surface area (Å²) >= 11 is 1.68. The lowest BCUT2D eigenvalue weighted by molar-refractivity contribution is -0.137. The van der Waals surface area contributed by atoms with Crippen molar-refractivity contribution in [2.24, 2.45) is 0 Å². The van der Waals surface area contributed by atoms with Gasteiger partial charge in [-0.15, -0.1) is 11.3 Å². The van der Waals surface area contributed by atoms with Crippen LogP contribution >= 0.6 is 11.3 Å². The van der Waals surface area contributed by atoms with Gasteiger partial charge in [0.15, 0.2) is 0 Å². The van der Waals surface area contributed by atoms with Crippen LogP contribution in [-0.2, 0) is 18.0 Å². The van der Waals surface area contributed by atoms with Crippen molar-refractivity contribution in [2.75, 3.05) is 6.61 Å². The zero-order chi connectivity index (χ0) is 26.8. The number of nitrogens with zero attached hydrogens (tertiary/aromatic N) is 1. The molecule has 3 aromatic carbocycles. The lowest BCUT2D eigenvalue weighted by Crippen LogP contribution is -2.07. The molecule has 2 heterocycles. The number of carbonyl (C=O) groups is 1. The van der Waals surface area contributed by atoms with Gasteiger partial charge in [-0.25, -0.2) is 4.98 Å². The summed E-state index contributed by atoms with van der Waals surface area (Å²) in [5.41, 5.74) is 7.66. The standard InChI is InChI=1S/C31H31NO5S/c1-18-10-26(36-17-29-20(3)32-21(4)38-29)11-19(2)31(18)23-7-5-6-22(12-23)15-35-25-8-9-27-24(13-30(33)34)16-37-28(27)14-25/h5-12,14,24H,13,15-17H2,1-4H3,(H,33,34)/t24-/m1/s1. The predicted molar refractivity (Wildman–Crippen MR) is 149 cm³/mol. The number of aliphatic carboxylic acids is 1. The van der Waals surface area contributed by atoms with Crippen molar-refractivity contribution in [1.82, 2.24) is 4.98 Å². The van der Waals surface area contributed by atoms with E-state index in [9.17, 15) is 4.79 Å². The van der Waals surface area contributed by atoms with Crippen LogP contribution in [0.3, 0.4) is 0 Å². The van der Waals surface area contributed by atoms with Crippen LogP contribution in [0.25, 0.3) is 11.1 Å². The molecule has 1 N–H and O–H groups in total. The maximum Gasteiger partial charge on any atom is 0.304 e. The van der Waals surface area contributed by atoms with Gasteiger partial charge in [0.1, 0.15) is 30.5 Å². The van der Waals surface area contributed by atoms with E-state index >= 15 is 0 Å². The molecule has 4 aromatic rings. The van der Waals surface area contributed by atoms with Gasteiger partial charge in [0.2, 0.25) is 0 Å². The van der Waals surface area contributed by atoms with Crippen LogP contribution in [0.2, 0.25) is 0 Å². The van der Waals surface area contributed by atoms with Gasteiger partial charge in [0.05, 0.1) is 28.6 Å². The third-order valence-electron chi connectivity index (χ3n) is 6.78. The minimum atomic E-state index is -0.819. The fourth-order valence-electron chi connectivity index (χ4n) is 5.03. The Hall–Kier alpha value is -3.84. The van der Waals surface area contributed by atoms with Crippen molar-refractivity contribution in [3.63, 3.8) is 0 Å². The molecule has 6 nitrogen and oxygen atoms in total. The monoisotopic (exact) mass is 529 g/mol.